The first-order valence-corrected chi connectivity index (χ1v) is 3.53. The number of nitrogens with zero attached hydrogens (tertiary/aromatic N) is 2. The third-order valence-corrected chi connectivity index (χ3v) is 1.45. The average Bonchev–Trinajstić information content (AvgIpc) is 2.08. The molecule has 1 aromatic heterocycles. The van der Waals surface area contributed by atoms with Gasteiger partial charge in [-0.1, -0.05) is 11.6 Å². The number of anilines is 1. The number of hydrogen-bond donors (Lipinski definition) is 2. The second-order valence-electron chi connectivity index (χ2n) is 2.05. The Hall–Kier alpha value is -1.36. The fourth-order valence-corrected chi connectivity index (χ4v) is 0.841. The maximum Gasteiger partial charge on any atom is 0.254 e. The molecule has 64 valence electrons. The molecule has 0 bridgehead atoms. The summed E-state index contributed by atoms with van der Waals surface area (Å²) in [6.45, 7) is 0. The Bertz CT molecular complexity index is 314. The van der Waals surface area contributed by atoms with E-state index in [-0.39, 0.29) is 22.4 Å². The van der Waals surface area contributed by atoms with E-state index in [0.29, 0.717) is 0 Å². The zero-order valence-electron chi connectivity index (χ0n) is 6.34. The number of nitrogen functional groups attached to an aromatic ring is 1. The van der Waals surface area contributed by atoms with Crippen molar-refractivity contribution in [3.8, 4) is 0 Å². The van der Waals surface area contributed by atoms with Crippen molar-refractivity contribution < 1.29 is 4.79 Å². The second-order valence-corrected chi connectivity index (χ2v) is 2.43. The summed E-state index contributed by atoms with van der Waals surface area (Å²) in [5, 5.41) is 9.49. The first kappa shape index (κ1) is 8.73. The van der Waals surface area contributed by atoms with Gasteiger partial charge in [0.25, 0.3) is 5.91 Å². The van der Waals surface area contributed by atoms with Gasteiger partial charge < -0.3 is 11.1 Å². The van der Waals surface area contributed by atoms with Crippen LogP contribution in [0.15, 0.2) is 6.07 Å². The maximum absolute atomic E-state index is 11.1. The van der Waals surface area contributed by atoms with Gasteiger partial charge in [0.1, 0.15) is 0 Å². The molecule has 12 heavy (non-hydrogen) atoms. The summed E-state index contributed by atoms with van der Waals surface area (Å²) < 4.78 is 0. The van der Waals surface area contributed by atoms with Gasteiger partial charge in [0.2, 0.25) is 0 Å². The molecule has 0 saturated heterocycles. The second kappa shape index (κ2) is 3.36. The zero-order chi connectivity index (χ0) is 9.14. The van der Waals surface area contributed by atoms with E-state index in [9.17, 15) is 4.79 Å². The van der Waals surface area contributed by atoms with Crippen LogP contribution in [0.25, 0.3) is 0 Å². The van der Waals surface area contributed by atoms with Gasteiger partial charge in [0.15, 0.2) is 11.0 Å². The van der Waals surface area contributed by atoms with E-state index in [4.69, 9.17) is 17.3 Å². The normalized spacial score (nSPS) is 9.50. The van der Waals surface area contributed by atoms with Crippen molar-refractivity contribution >= 4 is 23.3 Å². The third kappa shape index (κ3) is 1.62. The predicted molar refractivity (Wildman–Crippen MR) is 44.8 cm³/mol. The molecule has 0 aromatic carbocycles. The molecule has 1 heterocycles. The highest BCUT2D eigenvalue weighted by molar-refractivity contribution is 6.29. The van der Waals surface area contributed by atoms with Crippen LogP contribution in [0.4, 0.5) is 5.82 Å². The highest BCUT2D eigenvalue weighted by Gasteiger charge is 2.09. The lowest BCUT2D eigenvalue weighted by Gasteiger charge is -2.01. The largest absolute Gasteiger partial charge is 0.382 e. The van der Waals surface area contributed by atoms with Crippen LogP contribution in [0.5, 0.6) is 0 Å². The quantitative estimate of drug-likeness (QED) is 0.651. The Morgan fingerprint density at radius 2 is 2.33 bits per heavy atom. The van der Waals surface area contributed by atoms with Gasteiger partial charge in [0, 0.05) is 7.05 Å². The van der Waals surface area contributed by atoms with Gasteiger partial charge >= 0.3 is 0 Å². The number of amides is 1. The molecule has 0 aliphatic carbocycles. The zero-order valence-corrected chi connectivity index (χ0v) is 7.09. The van der Waals surface area contributed by atoms with Gasteiger partial charge in [-0.2, -0.15) is 0 Å². The number of hydrogen-bond acceptors (Lipinski definition) is 4. The molecule has 0 fully saturated rings. The monoisotopic (exact) mass is 186 g/mol. The lowest BCUT2D eigenvalue weighted by atomic mass is 10.2. The molecule has 3 N–H and O–H groups in total. The summed E-state index contributed by atoms with van der Waals surface area (Å²) in [7, 11) is 1.50. The topological polar surface area (TPSA) is 80.9 Å². The first-order chi connectivity index (χ1) is 5.65. The van der Waals surface area contributed by atoms with Crippen molar-refractivity contribution in [1.82, 2.24) is 15.5 Å². The molecule has 5 nitrogen and oxygen atoms in total. The molecule has 1 aromatic rings. The van der Waals surface area contributed by atoms with Crippen molar-refractivity contribution in [2.24, 2.45) is 0 Å². The van der Waals surface area contributed by atoms with Crippen molar-refractivity contribution in [3.63, 3.8) is 0 Å². The molecule has 0 aliphatic heterocycles. The molecular weight excluding hydrogens is 180 g/mol. The van der Waals surface area contributed by atoms with E-state index in [2.05, 4.69) is 15.5 Å². The van der Waals surface area contributed by atoms with Crippen LogP contribution in [0.3, 0.4) is 0 Å². The Morgan fingerprint density at radius 1 is 1.67 bits per heavy atom. The van der Waals surface area contributed by atoms with Crippen molar-refractivity contribution in [2.45, 2.75) is 0 Å². The Kier molecular flexibility index (Phi) is 2.44. The van der Waals surface area contributed by atoms with Crippen LogP contribution in [0.1, 0.15) is 10.4 Å². The summed E-state index contributed by atoms with van der Waals surface area (Å²) in [6.07, 6.45) is 0. The molecule has 1 rings (SSSR count). The first-order valence-electron chi connectivity index (χ1n) is 3.16. The molecule has 0 atom stereocenters. The molecule has 0 spiro atoms. The van der Waals surface area contributed by atoms with E-state index < -0.39 is 0 Å². The highest BCUT2D eigenvalue weighted by Crippen LogP contribution is 2.11. The van der Waals surface area contributed by atoms with Crippen molar-refractivity contribution in [1.29, 1.82) is 0 Å². The Balaban J connectivity index is 3.13. The summed E-state index contributed by atoms with van der Waals surface area (Å²) >= 11 is 5.51. The molecule has 0 unspecified atom stereocenters. The van der Waals surface area contributed by atoms with Crippen LogP contribution in [-0.4, -0.2) is 23.2 Å². The van der Waals surface area contributed by atoms with E-state index in [1.807, 2.05) is 0 Å². The van der Waals surface area contributed by atoms with E-state index >= 15 is 0 Å². The maximum atomic E-state index is 11.1. The predicted octanol–water partition coefficient (Wildman–Crippen LogP) is 0.0718. The van der Waals surface area contributed by atoms with E-state index in [1.54, 1.807) is 0 Å². The minimum Gasteiger partial charge on any atom is -0.382 e. The van der Waals surface area contributed by atoms with Gasteiger partial charge in [-0.15, -0.1) is 10.2 Å². The van der Waals surface area contributed by atoms with Gasteiger partial charge in [-0.25, -0.2) is 0 Å². The average molecular weight is 187 g/mol. The lowest BCUT2D eigenvalue weighted by Crippen LogP contribution is -2.20. The van der Waals surface area contributed by atoms with Gasteiger partial charge in [-0.3, -0.25) is 4.79 Å². The number of halogens is 1. The number of aromatic nitrogens is 2. The van der Waals surface area contributed by atoms with Crippen LogP contribution < -0.4 is 11.1 Å². The number of carbonyl (C=O) groups excluding carboxylic acids is 1. The van der Waals surface area contributed by atoms with Crippen LogP contribution in [0, 0.1) is 0 Å². The van der Waals surface area contributed by atoms with Crippen LogP contribution >= 0.6 is 11.6 Å². The fraction of sp³-hybridized carbons (Fsp3) is 0.167. The molecule has 0 aliphatic rings. The summed E-state index contributed by atoms with van der Waals surface area (Å²) in [5.74, 6) is -0.261. The fourth-order valence-electron chi connectivity index (χ4n) is 0.694. The summed E-state index contributed by atoms with van der Waals surface area (Å²) in [5.41, 5.74) is 5.61. The number of nitrogens with one attached hydrogen (secondary N) is 1. The minimum absolute atomic E-state index is 0.0683. The summed E-state index contributed by atoms with van der Waals surface area (Å²) in [4.78, 5) is 11.1. The molecular formula is C6H7ClN4O. The lowest BCUT2D eigenvalue weighted by molar-refractivity contribution is 0.0963. The third-order valence-electron chi connectivity index (χ3n) is 1.26. The standard InChI is InChI=1S/C6H7ClN4O/c1-9-6(12)3-2-4(7)10-11-5(3)8/h2H,1H3,(H2,8,11)(H,9,12). The van der Waals surface area contributed by atoms with Crippen molar-refractivity contribution in [3.05, 3.63) is 16.8 Å². The molecule has 6 heteroatoms. The molecule has 1 amide bonds. The smallest absolute Gasteiger partial charge is 0.254 e. The SMILES string of the molecule is CNC(=O)c1cc(Cl)nnc1N. The molecule has 0 radical (unpaired) electrons. The number of rotatable bonds is 1. The number of carbonyl (C=O) groups is 1. The van der Waals surface area contributed by atoms with Crippen molar-refractivity contribution in [2.75, 3.05) is 12.8 Å². The van der Waals surface area contributed by atoms with E-state index in [1.165, 1.54) is 13.1 Å². The highest BCUT2D eigenvalue weighted by atomic mass is 35.5. The van der Waals surface area contributed by atoms with E-state index in [0.717, 1.165) is 0 Å². The van der Waals surface area contributed by atoms with Crippen LogP contribution in [-0.2, 0) is 0 Å². The van der Waals surface area contributed by atoms with Gasteiger partial charge in [-0.05, 0) is 6.07 Å². The van der Waals surface area contributed by atoms with Gasteiger partial charge in [0.05, 0.1) is 5.56 Å². The minimum atomic E-state index is -0.329. The molecule has 0 saturated carbocycles. The number of nitrogens with two attached hydrogens (primary N) is 1. The Morgan fingerprint density at radius 3 is 2.92 bits per heavy atom. The Labute approximate surface area is 73.9 Å². The summed E-state index contributed by atoms with van der Waals surface area (Å²) in [6, 6.07) is 1.36. The van der Waals surface area contributed by atoms with Crippen LogP contribution in [0.2, 0.25) is 5.15 Å².